The molecule has 0 spiro atoms. The number of ether oxygens (including phenoxy) is 1. The van der Waals surface area contributed by atoms with Crippen LogP contribution in [0.5, 0.6) is 5.75 Å². The first-order valence-electron chi connectivity index (χ1n) is 7.13. The number of hydrogen-bond donors (Lipinski definition) is 0. The van der Waals surface area contributed by atoms with E-state index in [9.17, 15) is 8.42 Å². The highest BCUT2D eigenvalue weighted by molar-refractivity contribution is 8.13. The highest BCUT2D eigenvalue weighted by Gasteiger charge is 2.25. The molecule has 112 valence electrons. The quantitative estimate of drug-likeness (QED) is 0.779. The molecule has 1 aromatic rings. The van der Waals surface area contributed by atoms with E-state index in [1.165, 1.54) is 25.3 Å². The maximum atomic E-state index is 11.4. The summed E-state index contributed by atoms with van der Waals surface area (Å²) in [5.74, 6) is 1.33. The Morgan fingerprint density at radius 3 is 2.60 bits per heavy atom. The monoisotopic (exact) mass is 316 g/mol. The van der Waals surface area contributed by atoms with Crippen LogP contribution in [0.3, 0.4) is 0 Å². The molecule has 0 heterocycles. The average Bonchev–Trinajstić information content (AvgIpc) is 2.38. The van der Waals surface area contributed by atoms with Gasteiger partial charge in [0, 0.05) is 10.7 Å². The number of rotatable bonds is 4. The Morgan fingerprint density at radius 2 is 2.00 bits per heavy atom. The van der Waals surface area contributed by atoms with Crippen molar-refractivity contribution in [2.24, 2.45) is 5.92 Å². The van der Waals surface area contributed by atoms with Crippen molar-refractivity contribution >= 4 is 19.7 Å². The van der Waals surface area contributed by atoms with Gasteiger partial charge in [-0.15, -0.1) is 0 Å². The zero-order valence-electron chi connectivity index (χ0n) is 11.9. The van der Waals surface area contributed by atoms with Crippen LogP contribution in [0.1, 0.15) is 44.6 Å². The predicted molar refractivity (Wildman–Crippen MR) is 80.9 cm³/mol. The summed E-state index contributed by atoms with van der Waals surface area (Å²) >= 11 is 0. The molecule has 0 bridgehead atoms. The minimum atomic E-state index is -3.68. The van der Waals surface area contributed by atoms with Gasteiger partial charge in [0.15, 0.2) is 0 Å². The summed E-state index contributed by atoms with van der Waals surface area (Å²) in [5, 5.41) is 0. The average molecular weight is 317 g/mol. The first-order valence-corrected chi connectivity index (χ1v) is 9.44. The topological polar surface area (TPSA) is 43.4 Å². The van der Waals surface area contributed by atoms with Crippen molar-refractivity contribution in [2.75, 3.05) is 0 Å². The van der Waals surface area contributed by atoms with Crippen molar-refractivity contribution in [3.63, 3.8) is 0 Å². The lowest BCUT2D eigenvalue weighted by atomic mass is 9.85. The molecule has 0 aliphatic heterocycles. The molecule has 2 atom stereocenters. The van der Waals surface area contributed by atoms with Crippen LogP contribution < -0.4 is 4.74 Å². The molecule has 1 aliphatic rings. The van der Waals surface area contributed by atoms with Crippen LogP contribution in [-0.2, 0) is 9.05 Å². The Balaban J connectivity index is 2.16. The third-order valence-electron chi connectivity index (χ3n) is 4.06. The highest BCUT2D eigenvalue weighted by atomic mass is 35.7. The lowest BCUT2D eigenvalue weighted by molar-refractivity contribution is 0.0903. The van der Waals surface area contributed by atoms with Gasteiger partial charge >= 0.3 is 0 Å². The SMILES string of the molecule is CCC1CCCCC1Oc1ccc(S(=O)(=O)Cl)c(C)c1. The second-order valence-electron chi connectivity index (χ2n) is 5.47. The van der Waals surface area contributed by atoms with E-state index in [0.717, 1.165) is 18.6 Å². The lowest BCUT2D eigenvalue weighted by Gasteiger charge is -2.31. The van der Waals surface area contributed by atoms with E-state index in [-0.39, 0.29) is 11.0 Å². The van der Waals surface area contributed by atoms with Crippen molar-refractivity contribution in [2.45, 2.75) is 57.0 Å². The zero-order valence-corrected chi connectivity index (χ0v) is 13.5. The van der Waals surface area contributed by atoms with Crippen LogP contribution in [-0.4, -0.2) is 14.5 Å². The summed E-state index contributed by atoms with van der Waals surface area (Å²) in [6.45, 7) is 3.93. The Morgan fingerprint density at radius 1 is 1.30 bits per heavy atom. The highest BCUT2D eigenvalue weighted by Crippen LogP contribution is 2.31. The molecule has 0 saturated heterocycles. The van der Waals surface area contributed by atoms with Gasteiger partial charge in [-0.25, -0.2) is 8.42 Å². The summed E-state index contributed by atoms with van der Waals surface area (Å²) in [6.07, 6.45) is 6.14. The van der Waals surface area contributed by atoms with Gasteiger partial charge in [-0.2, -0.15) is 0 Å². The molecule has 20 heavy (non-hydrogen) atoms. The van der Waals surface area contributed by atoms with E-state index in [0.29, 0.717) is 11.5 Å². The Hall–Kier alpha value is -0.740. The van der Waals surface area contributed by atoms with Gasteiger partial charge in [-0.3, -0.25) is 0 Å². The third-order valence-corrected chi connectivity index (χ3v) is 5.54. The number of benzene rings is 1. The Bertz CT molecular complexity index is 568. The van der Waals surface area contributed by atoms with E-state index >= 15 is 0 Å². The van der Waals surface area contributed by atoms with Crippen molar-refractivity contribution in [1.82, 2.24) is 0 Å². The van der Waals surface area contributed by atoms with Crippen LogP contribution in [0.4, 0.5) is 0 Å². The summed E-state index contributed by atoms with van der Waals surface area (Å²) < 4.78 is 28.8. The molecule has 0 amide bonds. The largest absolute Gasteiger partial charge is 0.490 e. The maximum Gasteiger partial charge on any atom is 0.261 e. The summed E-state index contributed by atoms with van der Waals surface area (Å²) in [5.41, 5.74) is 0.626. The molecule has 1 fully saturated rings. The molecule has 1 aromatic carbocycles. The first-order chi connectivity index (χ1) is 9.41. The molecule has 3 nitrogen and oxygen atoms in total. The van der Waals surface area contributed by atoms with Crippen LogP contribution in [0.2, 0.25) is 0 Å². The van der Waals surface area contributed by atoms with Crippen LogP contribution in [0.15, 0.2) is 23.1 Å². The fraction of sp³-hybridized carbons (Fsp3) is 0.600. The van der Waals surface area contributed by atoms with Crippen LogP contribution in [0.25, 0.3) is 0 Å². The number of hydrogen-bond acceptors (Lipinski definition) is 3. The van der Waals surface area contributed by atoms with Gasteiger partial charge in [-0.05, 0) is 62.3 Å². The van der Waals surface area contributed by atoms with Gasteiger partial charge in [0.05, 0.1) is 4.90 Å². The number of aryl methyl sites for hydroxylation is 1. The molecule has 1 aliphatic carbocycles. The number of halogens is 1. The van der Waals surface area contributed by atoms with Gasteiger partial charge in [0.2, 0.25) is 0 Å². The first kappa shape index (κ1) is 15.6. The molecule has 5 heteroatoms. The van der Waals surface area contributed by atoms with Crippen molar-refractivity contribution in [3.05, 3.63) is 23.8 Å². The zero-order chi connectivity index (χ0) is 14.8. The lowest BCUT2D eigenvalue weighted by Crippen LogP contribution is -2.29. The van der Waals surface area contributed by atoms with E-state index in [4.69, 9.17) is 15.4 Å². The molecule has 1 saturated carbocycles. The molecular formula is C15H21ClO3S. The van der Waals surface area contributed by atoms with Gasteiger partial charge in [0.1, 0.15) is 11.9 Å². The summed E-state index contributed by atoms with van der Waals surface area (Å²) in [7, 11) is 1.70. The van der Waals surface area contributed by atoms with E-state index in [2.05, 4.69) is 6.92 Å². The fourth-order valence-electron chi connectivity index (χ4n) is 2.94. The molecule has 0 aromatic heterocycles. The molecule has 0 N–H and O–H groups in total. The molecule has 2 unspecified atom stereocenters. The van der Waals surface area contributed by atoms with E-state index in [1.807, 2.05) is 0 Å². The van der Waals surface area contributed by atoms with Crippen molar-refractivity contribution in [3.8, 4) is 5.75 Å². The maximum absolute atomic E-state index is 11.4. The van der Waals surface area contributed by atoms with Crippen molar-refractivity contribution < 1.29 is 13.2 Å². The van der Waals surface area contributed by atoms with Gasteiger partial charge in [-0.1, -0.05) is 13.3 Å². The fourth-order valence-corrected chi connectivity index (χ4v) is 4.13. The second-order valence-corrected chi connectivity index (χ2v) is 8.01. The third kappa shape index (κ3) is 3.67. The van der Waals surface area contributed by atoms with Gasteiger partial charge < -0.3 is 4.74 Å². The van der Waals surface area contributed by atoms with Crippen LogP contribution >= 0.6 is 10.7 Å². The molecule has 0 radical (unpaired) electrons. The van der Waals surface area contributed by atoms with E-state index < -0.39 is 9.05 Å². The van der Waals surface area contributed by atoms with Gasteiger partial charge in [0.25, 0.3) is 9.05 Å². The summed E-state index contributed by atoms with van der Waals surface area (Å²) in [4.78, 5) is 0.155. The normalized spacial score (nSPS) is 23.6. The smallest absolute Gasteiger partial charge is 0.261 e. The Labute approximate surface area is 125 Å². The second kappa shape index (κ2) is 6.35. The predicted octanol–water partition coefficient (Wildman–Crippen LogP) is 4.27. The summed E-state index contributed by atoms with van der Waals surface area (Å²) in [6, 6.07) is 4.98. The Kier molecular flexibility index (Phi) is 4.97. The standard InChI is InChI=1S/C15H21ClO3S/c1-3-12-6-4-5-7-14(12)19-13-8-9-15(11(2)10-13)20(16,17)18/h8-10,12,14H,3-7H2,1-2H3. The van der Waals surface area contributed by atoms with Crippen molar-refractivity contribution in [1.29, 1.82) is 0 Å². The molecule has 2 rings (SSSR count). The minimum Gasteiger partial charge on any atom is -0.490 e. The van der Waals surface area contributed by atoms with Crippen LogP contribution in [0, 0.1) is 12.8 Å². The minimum absolute atomic E-state index is 0.155. The molecular weight excluding hydrogens is 296 g/mol. The van der Waals surface area contributed by atoms with E-state index in [1.54, 1.807) is 19.1 Å².